The zero-order valence-corrected chi connectivity index (χ0v) is 20.6. The van der Waals surface area contributed by atoms with Gasteiger partial charge in [0, 0.05) is 36.6 Å². The summed E-state index contributed by atoms with van der Waals surface area (Å²) in [6, 6.07) is 1.59. The maximum absolute atomic E-state index is 13.3. The summed E-state index contributed by atoms with van der Waals surface area (Å²) < 4.78 is 18.7. The molecular formula is C26H33FN4O3. The lowest BCUT2D eigenvalue weighted by Gasteiger charge is -2.24. The Hall–Kier alpha value is -3.29. The van der Waals surface area contributed by atoms with Crippen molar-refractivity contribution in [1.82, 2.24) is 15.6 Å². The van der Waals surface area contributed by atoms with Crippen molar-refractivity contribution in [2.45, 2.75) is 65.3 Å². The average Bonchev–Trinajstić information content (AvgIpc) is 3.48. The van der Waals surface area contributed by atoms with Gasteiger partial charge in [-0.1, -0.05) is 13.0 Å². The molecule has 3 atom stereocenters. The number of carbonyl (C=O) groups excluding carboxylic acids is 2. The van der Waals surface area contributed by atoms with Gasteiger partial charge in [-0.15, -0.1) is 0 Å². The first-order chi connectivity index (χ1) is 16.0. The SMILES string of the molecule is CCc1ccncc1C1=CC(=C/C(C)NC(=O)C2CC2F)/C(=N\C)C(NC(=O)OC(C)(C)C)=C1. The number of alkyl carbamates (subject to hydrolysis) is 1. The van der Waals surface area contributed by atoms with E-state index in [1.54, 1.807) is 40.2 Å². The first-order valence-electron chi connectivity index (χ1n) is 11.5. The molecule has 1 aromatic heterocycles. The maximum atomic E-state index is 13.3. The van der Waals surface area contributed by atoms with Crippen LogP contribution in [0.2, 0.25) is 0 Å². The number of amides is 2. The topological polar surface area (TPSA) is 92.7 Å². The van der Waals surface area contributed by atoms with Crippen molar-refractivity contribution in [3.63, 3.8) is 0 Å². The maximum Gasteiger partial charge on any atom is 0.412 e. The standard InChI is InChI=1S/C26H33FN4O3/c1-7-16-8-9-29-14-20(16)17-11-18(10-15(2)30-24(32)19-13-21(19)27)23(28-6)22(12-17)31-25(33)34-26(3,4)5/h8-12,14-15,19,21H,7,13H2,1-6H3,(H,30,32)(H,31,33)/b18-10-,28-23+. The number of nitrogens with zero attached hydrogens (tertiary/aromatic N) is 2. The van der Waals surface area contributed by atoms with Crippen molar-refractivity contribution >= 4 is 23.3 Å². The first-order valence-corrected chi connectivity index (χ1v) is 11.5. The number of halogens is 1. The Kier molecular flexibility index (Phi) is 7.69. The number of aliphatic imine (C=N–C) groups is 1. The highest BCUT2D eigenvalue weighted by molar-refractivity contribution is 6.19. The molecule has 1 fully saturated rings. The van der Waals surface area contributed by atoms with Crippen LogP contribution >= 0.6 is 0 Å². The molecule has 3 rings (SSSR count). The van der Waals surface area contributed by atoms with Gasteiger partial charge in [0.2, 0.25) is 5.91 Å². The highest BCUT2D eigenvalue weighted by Crippen LogP contribution is 2.34. The Morgan fingerprint density at radius 1 is 1.35 bits per heavy atom. The molecule has 34 heavy (non-hydrogen) atoms. The summed E-state index contributed by atoms with van der Waals surface area (Å²) in [5.74, 6) is -0.862. The molecule has 0 bridgehead atoms. The number of pyridine rings is 1. The van der Waals surface area contributed by atoms with E-state index in [-0.39, 0.29) is 18.4 Å². The minimum Gasteiger partial charge on any atom is -0.444 e. The molecule has 0 saturated heterocycles. The monoisotopic (exact) mass is 468 g/mol. The van der Waals surface area contributed by atoms with Crippen molar-refractivity contribution in [1.29, 1.82) is 0 Å². The summed E-state index contributed by atoms with van der Waals surface area (Å²) >= 11 is 0. The quantitative estimate of drug-likeness (QED) is 0.651. The zero-order chi connectivity index (χ0) is 25.0. The smallest absolute Gasteiger partial charge is 0.412 e. The lowest BCUT2D eigenvalue weighted by Crippen LogP contribution is -2.36. The van der Waals surface area contributed by atoms with Crippen LogP contribution in [0.5, 0.6) is 0 Å². The van der Waals surface area contributed by atoms with Crippen LogP contribution in [0.4, 0.5) is 9.18 Å². The minimum atomic E-state index is -1.06. The van der Waals surface area contributed by atoms with Gasteiger partial charge in [-0.25, -0.2) is 9.18 Å². The molecule has 1 aromatic rings. The highest BCUT2D eigenvalue weighted by Gasteiger charge is 2.43. The van der Waals surface area contributed by atoms with Crippen LogP contribution in [0.25, 0.3) is 5.57 Å². The summed E-state index contributed by atoms with van der Waals surface area (Å²) in [4.78, 5) is 33.5. The molecule has 2 amide bonds. The Morgan fingerprint density at radius 2 is 2.06 bits per heavy atom. The number of aryl methyl sites for hydroxylation is 1. The normalized spacial score (nSPS) is 23.1. The molecule has 182 valence electrons. The molecule has 2 aliphatic carbocycles. The second kappa shape index (κ2) is 10.3. The van der Waals surface area contributed by atoms with E-state index in [2.05, 4.69) is 27.5 Å². The van der Waals surface area contributed by atoms with E-state index in [4.69, 9.17) is 4.74 Å². The van der Waals surface area contributed by atoms with Crippen molar-refractivity contribution in [2.24, 2.45) is 10.9 Å². The van der Waals surface area contributed by atoms with Gasteiger partial charge >= 0.3 is 6.09 Å². The Balaban J connectivity index is 1.98. The average molecular weight is 469 g/mol. The highest BCUT2D eigenvalue weighted by atomic mass is 19.1. The largest absolute Gasteiger partial charge is 0.444 e. The van der Waals surface area contributed by atoms with Crippen molar-refractivity contribution < 1.29 is 18.7 Å². The van der Waals surface area contributed by atoms with Gasteiger partial charge < -0.3 is 10.1 Å². The molecule has 0 radical (unpaired) electrons. The van der Waals surface area contributed by atoms with E-state index in [0.29, 0.717) is 11.4 Å². The molecule has 1 heterocycles. The third-order valence-corrected chi connectivity index (χ3v) is 5.45. The van der Waals surface area contributed by atoms with Crippen LogP contribution in [-0.2, 0) is 16.0 Å². The Labute approximate surface area is 200 Å². The van der Waals surface area contributed by atoms with Gasteiger partial charge in [-0.3, -0.25) is 20.1 Å². The van der Waals surface area contributed by atoms with E-state index in [9.17, 15) is 14.0 Å². The second-order valence-electron chi connectivity index (χ2n) is 9.52. The minimum absolute atomic E-state index is 0.272. The molecule has 0 aromatic carbocycles. The number of nitrogens with one attached hydrogen (secondary N) is 2. The van der Waals surface area contributed by atoms with E-state index in [1.165, 1.54) is 0 Å². The number of allylic oxidation sites excluding steroid dienone is 4. The van der Waals surface area contributed by atoms with Crippen LogP contribution in [0, 0.1) is 5.92 Å². The fourth-order valence-electron chi connectivity index (χ4n) is 3.77. The van der Waals surface area contributed by atoms with Gasteiger partial charge in [0.1, 0.15) is 11.8 Å². The Bertz CT molecular complexity index is 1080. The lowest BCUT2D eigenvalue weighted by molar-refractivity contribution is -0.123. The van der Waals surface area contributed by atoms with Crippen molar-refractivity contribution in [3.05, 3.63) is 59.1 Å². The van der Waals surface area contributed by atoms with Crippen LogP contribution in [0.1, 0.15) is 52.2 Å². The molecule has 7 nitrogen and oxygen atoms in total. The third-order valence-electron chi connectivity index (χ3n) is 5.45. The summed E-state index contributed by atoms with van der Waals surface area (Å²) in [6.45, 7) is 9.27. The third kappa shape index (κ3) is 6.40. The van der Waals surface area contributed by atoms with Crippen LogP contribution in [-0.4, -0.2) is 47.6 Å². The van der Waals surface area contributed by atoms with Gasteiger partial charge in [-0.05, 0) is 69.9 Å². The molecule has 0 spiro atoms. The van der Waals surface area contributed by atoms with Crippen LogP contribution in [0.3, 0.4) is 0 Å². The summed E-state index contributed by atoms with van der Waals surface area (Å²) in [5.41, 5.74) is 3.98. The predicted octanol–water partition coefficient (Wildman–Crippen LogP) is 4.31. The summed E-state index contributed by atoms with van der Waals surface area (Å²) in [6.07, 6.45) is 8.62. The molecular weight excluding hydrogens is 435 g/mol. The number of hydrogen-bond donors (Lipinski definition) is 2. The van der Waals surface area contributed by atoms with E-state index >= 15 is 0 Å². The summed E-state index contributed by atoms with van der Waals surface area (Å²) in [7, 11) is 1.63. The van der Waals surface area contributed by atoms with E-state index < -0.39 is 23.8 Å². The predicted molar refractivity (Wildman–Crippen MR) is 131 cm³/mol. The number of alkyl halides is 1. The number of aromatic nitrogens is 1. The van der Waals surface area contributed by atoms with Gasteiger partial charge in [-0.2, -0.15) is 0 Å². The first kappa shape index (κ1) is 25.3. The second-order valence-corrected chi connectivity index (χ2v) is 9.52. The molecule has 8 heteroatoms. The fourth-order valence-corrected chi connectivity index (χ4v) is 3.77. The van der Waals surface area contributed by atoms with Crippen molar-refractivity contribution in [3.8, 4) is 0 Å². The number of rotatable bonds is 6. The summed E-state index contributed by atoms with van der Waals surface area (Å²) in [5, 5.41) is 5.67. The number of ether oxygens (including phenoxy) is 1. The van der Waals surface area contributed by atoms with Crippen LogP contribution in [0.15, 0.2) is 53.0 Å². The van der Waals surface area contributed by atoms with E-state index in [1.807, 2.05) is 31.2 Å². The lowest BCUT2D eigenvalue weighted by atomic mass is 9.90. The zero-order valence-electron chi connectivity index (χ0n) is 20.6. The van der Waals surface area contributed by atoms with Crippen LogP contribution < -0.4 is 10.6 Å². The molecule has 0 aliphatic heterocycles. The van der Waals surface area contributed by atoms with Crippen molar-refractivity contribution in [2.75, 3.05) is 7.05 Å². The number of carbonyl (C=O) groups is 2. The fraction of sp³-hybridized carbons (Fsp3) is 0.462. The number of hydrogen-bond acceptors (Lipinski definition) is 5. The molecule has 1 saturated carbocycles. The molecule has 2 aliphatic rings. The van der Waals surface area contributed by atoms with Gasteiger partial charge in [0.25, 0.3) is 0 Å². The molecule has 3 unspecified atom stereocenters. The van der Waals surface area contributed by atoms with Gasteiger partial charge in [0.05, 0.1) is 17.3 Å². The molecule has 2 N–H and O–H groups in total. The Morgan fingerprint density at radius 3 is 2.65 bits per heavy atom. The van der Waals surface area contributed by atoms with Gasteiger partial charge in [0.15, 0.2) is 0 Å². The van der Waals surface area contributed by atoms with E-state index in [0.717, 1.165) is 28.7 Å².